The van der Waals surface area contributed by atoms with Gasteiger partial charge in [0.15, 0.2) is 0 Å². The van der Waals surface area contributed by atoms with Crippen LogP contribution in [0.15, 0.2) is 12.2 Å². The van der Waals surface area contributed by atoms with Crippen LogP contribution in [-0.4, -0.2) is 6.29 Å². The van der Waals surface area contributed by atoms with Crippen LogP contribution in [0.3, 0.4) is 0 Å². The molecule has 0 aromatic carbocycles. The molecule has 1 fully saturated rings. The normalized spacial score (nSPS) is 41.3. The minimum Gasteiger partial charge on any atom is -0.303 e. The fourth-order valence-corrected chi connectivity index (χ4v) is 3.25. The molecule has 2 aliphatic carbocycles. The second kappa shape index (κ2) is 3.65. The van der Waals surface area contributed by atoms with Crippen molar-refractivity contribution in [2.45, 2.75) is 32.6 Å². The van der Waals surface area contributed by atoms with Crippen LogP contribution in [-0.2, 0) is 4.79 Å². The van der Waals surface area contributed by atoms with E-state index in [-0.39, 0.29) is 0 Å². The van der Waals surface area contributed by atoms with Crippen molar-refractivity contribution in [2.75, 3.05) is 0 Å². The van der Waals surface area contributed by atoms with E-state index < -0.39 is 0 Å². The van der Waals surface area contributed by atoms with Gasteiger partial charge in [-0.1, -0.05) is 25.5 Å². The Bertz CT molecular complexity index is 219. The van der Waals surface area contributed by atoms with E-state index >= 15 is 0 Å². The molecule has 13 heavy (non-hydrogen) atoms. The SMILES string of the molecule is CCCC1C2C=CC(C2)C1CC=O. The van der Waals surface area contributed by atoms with Gasteiger partial charge in [-0.2, -0.15) is 0 Å². The Kier molecular flexibility index (Phi) is 2.52. The lowest BCUT2D eigenvalue weighted by atomic mass is 9.79. The molecule has 2 aliphatic rings. The second-order valence-corrected chi connectivity index (χ2v) is 4.47. The molecule has 4 unspecified atom stereocenters. The van der Waals surface area contributed by atoms with Crippen LogP contribution in [0.5, 0.6) is 0 Å². The van der Waals surface area contributed by atoms with Crippen LogP contribution >= 0.6 is 0 Å². The average Bonchev–Trinajstić information content (AvgIpc) is 2.69. The lowest BCUT2D eigenvalue weighted by Gasteiger charge is -2.26. The third kappa shape index (κ3) is 1.45. The maximum absolute atomic E-state index is 10.6. The zero-order valence-electron chi connectivity index (χ0n) is 8.28. The molecule has 0 heterocycles. The lowest BCUT2D eigenvalue weighted by Crippen LogP contribution is -2.19. The van der Waals surface area contributed by atoms with Gasteiger partial charge in [0.25, 0.3) is 0 Å². The molecule has 1 nitrogen and oxygen atoms in total. The summed E-state index contributed by atoms with van der Waals surface area (Å²) in [6.45, 7) is 2.24. The van der Waals surface area contributed by atoms with Gasteiger partial charge in [0, 0.05) is 6.42 Å². The van der Waals surface area contributed by atoms with Crippen molar-refractivity contribution >= 4 is 6.29 Å². The molecule has 0 radical (unpaired) electrons. The first-order valence-electron chi connectivity index (χ1n) is 5.48. The fraction of sp³-hybridized carbons (Fsp3) is 0.750. The topological polar surface area (TPSA) is 17.1 Å². The number of aldehydes is 1. The number of fused-ring (bicyclic) bond motifs is 2. The van der Waals surface area contributed by atoms with Gasteiger partial charge in [-0.3, -0.25) is 0 Å². The summed E-state index contributed by atoms with van der Waals surface area (Å²) in [6.07, 6.45) is 10.5. The zero-order chi connectivity index (χ0) is 9.26. The molecule has 2 bridgehead atoms. The molecular weight excluding hydrogens is 160 g/mol. The van der Waals surface area contributed by atoms with Crippen molar-refractivity contribution in [1.29, 1.82) is 0 Å². The Balaban J connectivity index is 2.06. The predicted molar refractivity (Wildman–Crippen MR) is 53.3 cm³/mol. The summed E-state index contributed by atoms with van der Waals surface area (Å²) < 4.78 is 0. The number of hydrogen-bond acceptors (Lipinski definition) is 1. The van der Waals surface area contributed by atoms with Crippen LogP contribution in [0, 0.1) is 23.7 Å². The van der Waals surface area contributed by atoms with E-state index in [0.717, 1.165) is 30.5 Å². The first-order chi connectivity index (χ1) is 6.36. The number of allylic oxidation sites excluding steroid dienone is 2. The summed E-state index contributed by atoms with van der Waals surface area (Å²) in [5, 5.41) is 0. The molecule has 0 N–H and O–H groups in total. The van der Waals surface area contributed by atoms with E-state index in [2.05, 4.69) is 19.1 Å². The second-order valence-electron chi connectivity index (χ2n) is 4.47. The minimum absolute atomic E-state index is 0.674. The third-order valence-electron chi connectivity index (χ3n) is 3.79. The molecule has 0 amide bonds. The number of carbonyl (C=O) groups excluding carboxylic acids is 1. The van der Waals surface area contributed by atoms with Crippen molar-refractivity contribution in [3.05, 3.63) is 12.2 Å². The van der Waals surface area contributed by atoms with Crippen LogP contribution in [0.1, 0.15) is 32.6 Å². The van der Waals surface area contributed by atoms with E-state index in [0.29, 0.717) is 5.92 Å². The zero-order valence-corrected chi connectivity index (χ0v) is 8.28. The minimum atomic E-state index is 0.674. The monoisotopic (exact) mass is 178 g/mol. The first kappa shape index (κ1) is 8.98. The fourth-order valence-electron chi connectivity index (χ4n) is 3.25. The van der Waals surface area contributed by atoms with E-state index in [1.165, 1.54) is 19.3 Å². The summed E-state index contributed by atoms with van der Waals surface area (Å²) in [5.41, 5.74) is 0. The van der Waals surface area contributed by atoms with Gasteiger partial charge < -0.3 is 4.79 Å². The first-order valence-corrected chi connectivity index (χ1v) is 5.48. The van der Waals surface area contributed by atoms with E-state index in [4.69, 9.17) is 0 Å². The number of hydrogen-bond donors (Lipinski definition) is 0. The Hall–Kier alpha value is -0.590. The van der Waals surface area contributed by atoms with Crippen molar-refractivity contribution in [3.63, 3.8) is 0 Å². The quantitative estimate of drug-likeness (QED) is 0.478. The maximum Gasteiger partial charge on any atom is 0.120 e. The van der Waals surface area contributed by atoms with Gasteiger partial charge >= 0.3 is 0 Å². The third-order valence-corrected chi connectivity index (χ3v) is 3.79. The summed E-state index contributed by atoms with van der Waals surface area (Å²) in [4.78, 5) is 10.6. The Morgan fingerprint density at radius 2 is 2.00 bits per heavy atom. The van der Waals surface area contributed by atoms with Gasteiger partial charge in [-0.25, -0.2) is 0 Å². The van der Waals surface area contributed by atoms with Crippen molar-refractivity contribution in [3.8, 4) is 0 Å². The van der Waals surface area contributed by atoms with Gasteiger partial charge in [-0.05, 0) is 36.5 Å². The molecule has 1 saturated carbocycles. The molecule has 4 atom stereocenters. The molecule has 1 heteroatoms. The molecule has 0 aliphatic heterocycles. The average molecular weight is 178 g/mol. The molecule has 0 spiro atoms. The largest absolute Gasteiger partial charge is 0.303 e. The van der Waals surface area contributed by atoms with Crippen molar-refractivity contribution in [1.82, 2.24) is 0 Å². The highest BCUT2D eigenvalue weighted by Gasteiger charge is 2.42. The smallest absolute Gasteiger partial charge is 0.120 e. The molecule has 72 valence electrons. The van der Waals surface area contributed by atoms with E-state index in [9.17, 15) is 4.79 Å². The standard InChI is InChI=1S/C12H18O/c1-2-3-11-9-4-5-10(8-9)12(11)6-7-13/h4-5,7,9-12H,2-3,6,8H2,1H3. The highest BCUT2D eigenvalue weighted by Crippen LogP contribution is 2.50. The van der Waals surface area contributed by atoms with Crippen molar-refractivity contribution < 1.29 is 4.79 Å². The highest BCUT2D eigenvalue weighted by molar-refractivity contribution is 5.50. The van der Waals surface area contributed by atoms with Gasteiger partial charge in [0.1, 0.15) is 6.29 Å². The van der Waals surface area contributed by atoms with Crippen LogP contribution in [0.2, 0.25) is 0 Å². The Morgan fingerprint density at radius 3 is 2.62 bits per heavy atom. The lowest BCUT2D eigenvalue weighted by molar-refractivity contribution is -0.109. The summed E-state index contributed by atoms with van der Waals surface area (Å²) in [6, 6.07) is 0. The van der Waals surface area contributed by atoms with Crippen molar-refractivity contribution in [2.24, 2.45) is 23.7 Å². The van der Waals surface area contributed by atoms with E-state index in [1.807, 2.05) is 0 Å². The molecule has 0 aromatic heterocycles. The molecule has 0 aromatic rings. The van der Waals surface area contributed by atoms with Gasteiger partial charge in [-0.15, -0.1) is 0 Å². The van der Waals surface area contributed by atoms with Crippen LogP contribution < -0.4 is 0 Å². The molecule has 0 saturated heterocycles. The predicted octanol–water partition coefficient (Wildman–Crippen LogP) is 2.81. The van der Waals surface area contributed by atoms with E-state index in [1.54, 1.807) is 0 Å². The molecule has 2 rings (SSSR count). The highest BCUT2D eigenvalue weighted by atomic mass is 16.1. The summed E-state index contributed by atoms with van der Waals surface area (Å²) in [5.74, 6) is 3.01. The maximum atomic E-state index is 10.6. The summed E-state index contributed by atoms with van der Waals surface area (Å²) >= 11 is 0. The summed E-state index contributed by atoms with van der Waals surface area (Å²) in [7, 11) is 0. The van der Waals surface area contributed by atoms with Crippen LogP contribution in [0.25, 0.3) is 0 Å². The van der Waals surface area contributed by atoms with Gasteiger partial charge in [0.2, 0.25) is 0 Å². The Labute approximate surface area is 80.2 Å². The van der Waals surface area contributed by atoms with Crippen LogP contribution in [0.4, 0.5) is 0 Å². The number of rotatable bonds is 4. The van der Waals surface area contributed by atoms with Gasteiger partial charge in [0.05, 0.1) is 0 Å². The number of carbonyl (C=O) groups is 1. The Morgan fingerprint density at radius 1 is 1.31 bits per heavy atom. The molecular formula is C12H18O.